The minimum absolute atomic E-state index is 0.612. The summed E-state index contributed by atoms with van der Waals surface area (Å²) in [5.74, 6) is 1.44. The summed E-state index contributed by atoms with van der Waals surface area (Å²) >= 11 is 0. The van der Waals surface area contributed by atoms with Crippen molar-refractivity contribution in [3.63, 3.8) is 0 Å². The third kappa shape index (κ3) is 2.48. The molecular formula is C12H18N2O. The molecule has 0 radical (unpaired) electrons. The first-order chi connectivity index (χ1) is 7.42. The van der Waals surface area contributed by atoms with Gasteiger partial charge in [0, 0.05) is 11.8 Å². The van der Waals surface area contributed by atoms with Gasteiger partial charge in [-0.25, -0.2) is 4.98 Å². The van der Waals surface area contributed by atoms with E-state index in [1.165, 1.54) is 18.4 Å². The standard InChI is InChI=1S/C12H18N2O/c1-2-15-12-11(4-3-7-14-12)10-5-8-13-9-6-10/h3-4,7,10,13H,2,5-6,8-9H2,1H3. The van der Waals surface area contributed by atoms with Crippen molar-refractivity contribution in [3.8, 4) is 5.88 Å². The van der Waals surface area contributed by atoms with Gasteiger partial charge in [0.15, 0.2) is 0 Å². The third-order valence-corrected chi connectivity index (χ3v) is 2.86. The van der Waals surface area contributed by atoms with Crippen molar-refractivity contribution in [1.29, 1.82) is 0 Å². The summed E-state index contributed by atoms with van der Waals surface area (Å²) in [5.41, 5.74) is 1.28. The molecule has 0 saturated carbocycles. The highest BCUT2D eigenvalue weighted by atomic mass is 16.5. The molecule has 1 aromatic heterocycles. The van der Waals surface area contributed by atoms with E-state index in [0.29, 0.717) is 12.5 Å². The fourth-order valence-corrected chi connectivity index (χ4v) is 2.10. The van der Waals surface area contributed by atoms with Crippen LogP contribution >= 0.6 is 0 Å². The van der Waals surface area contributed by atoms with Crippen LogP contribution in [-0.2, 0) is 0 Å². The van der Waals surface area contributed by atoms with Crippen LogP contribution in [0.2, 0.25) is 0 Å². The first-order valence-electron chi connectivity index (χ1n) is 5.70. The average Bonchev–Trinajstić information content (AvgIpc) is 2.31. The molecule has 1 aliphatic heterocycles. The lowest BCUT2D eigenvalue weighted by Gasteiger charge is -2.24. The molecule has 3 nitrogen and oxygen atoms in total. The van der Waals surface area contributed by atoms with Gasteiger partial charge in [0.05, 0.1) is 6.61 Å². The van der Waals surface area contributed by atoms with Gasteiger partial charge in [-0.05, 0) is 44.8 Å². The van der Waals surface area contributed by atoms with Crippen LogP contribution in [-0.4, -0.2) is 24.7 Å². The van der Waals surface area contributed by atoms with Gasteiger partial charge in [-0.15, -0.1) is 0 Å². The summed E-state index contributed by atoms with van der Waals surface area (Å²) in [5, 5.41) is 3.37. The highest BCUT2D eigenvalue weighted by Crippen LogP contribution is 2.30. The molecule has 1 N–H and O–H groups in total. The lowest BCUT2D eigenvalue weighted by atomic mass is 9.91. The van der Waals surface area contributed by atoms with E-state index in [1.54, 1.807) is 6.20 Å². The molecule has 0 spiro atoms. The molecule has 0 aromatic carbocycles. The highest BCUT2D eigenvalue weighted by molar-refractivity contribution is 5.29. The number of hydrogen-bond donors (Lipinski definition) is 1. The molecule has 0 amide bonds. The van der Waals surface area contributed by atoms with Crippen molar-refractivity contribution in [1.82, 2.24) is 10.3 Å². The molecule has 0 unspecified atom stereocenters. The zero-order valence-corrected chi connectivity index (χ0v) is 9.20. The normalized spacial score (nSPS) is 17.7. The van der Waals surface area contributed by atoms with Crippen molar-refractivity contribution in [2.45, 2.75) is 25.7 Å². The van der Waals surface area contributed by atoms with Crippen LogP contribution in [0.15, 0.2) is 18.3 Å². The second kappa shape index (κ2) is 5.12. The summed E-state index contributed by atoms with van der Waals surface area (Å²) in [6.07, 6.45) is 4.17. The Bertz CT molecular complexity index is 308. The number of piperidine rings is 1. The van der Waals surface area contributed by atoms with Gasteiger partial charge >= 0.3 is 0 Å². The zero-order valence-electron chi connectivity index (χ0n) is 9.20. The fraction of sp³-hybridized carbons (Fsp3) is 0.583. The van der Waals surface area contributed by atoms with Crippen LogP contribution in [0.25, 0.3) is 0 Å². The molecule has 15 heavy (non-hydrogen) atoms. The Labute approximate surface area is 90.9 Å². The number of nitrogens with one attached hydrogen (secondary N) is 1. The highest BCUT2D eigenvalue weighted by Gasteiger charge is 2.19. The van der Waals surface area contributed by atoms with E-state index in [4.69, 9.17) is 4.74 Å². The lowest BCUT2D eigenvalue weighted by Crippen LogP contribution is -2.27. The molecule has 1 aliphatic rings. The Morgan fingerprint density at radius 3 is 3.00 bits per heavy atom. The molecule has 2 rings (SSSR count). The monoisotopic (exact) mass is 206 g/mol. The van der Waals surface area contributed by atoms with Gasteiger partial charge in [0.2, 0.25) is 5.88 Å². The second-order valence-electron chi connectivity index (χ2n) is 3.86. The Hall–Kier alpha value is -1.09. The number of aromatic nitrogens is 1. The molecule has 0 atom stereocenters. The topological polar surface area (TPSA) is 34.1 Å². The number of rotatable bonds is 3. The summed E-state index contributed by atoms with van der Waals surface area (Å²) < 4.78 is 5.56. The largest absolute Gasteiger partial charge is 0.478 e. The first-order valence-corrected chi connectivity index (χ1v) is 5.70. The molecule has 2 heterocycles. The van der Waals surface area contributed by atoms with Crippen molar-refractivity contribution in [2.24, 2.45) is 0 Å². The second-order valence-corrected chi connectivity index (χ2v) is 3.86. The Kier molecular flexibility index (Phi) is 3.56. The maximum absolute atomic E-state index is 5.56. The predicted molar refractivity (Wildman–Crippen MR) is 60.3 cm³/mol. The van der Waals surface area contributed by atoms with E-state index in [9.17, 15) is 0 Å². The van der Waals surface area contributed by atoms with E-state index in [1.807, 2.05) is 13.0 Å². The predicted octanol–water partition coefficient (Wildman–Crippen LogP) is 1.95. The molecule has 0 bridgehead atoms. The summed E-state index contributed by atoms with van der Waals surface area (Å²) in [6, 6.07) is 4.15. The maximum Gasteiger partial charge on any atom is 0.216 e. The molecule has 82 valence electrons. The summed E-state index contributed by atoms with van der Waals surface area (Å²) in [4.78, 5) is 4.30. The quantitative estimate of drug-likeness (QED) is 0.820. The van der Waals surface area contributed by atoms with E-state index in [0.717, 1.165) is 19.0 Å². The zero-order chi connectivity index (χ0) is 10.5. The molecule has 3 heteroatoms. The van der Waals surface area contributed by atoms with E-state index >= 15 is 0 Å². The number of ether oxygens (including phenoxy) is 1. The van der Waals surface area contributed by atoms with Gasteiger partial charge in [0.1, 0.15) is 0 Å². The van der Waals surface area contributed by atoms with Crippen molar-refractivity contribution < 1.29 is 4.74 Å². The minimum Gasteiger partial charge on any atom is -0.478 e. The molecular weight excluding hydrogens is 188 g/mol. The first kappa shape index (κ1) is 10.4. The smallest absolute Gasteiger partial charge is 0.216 e. The van der Waals surface area contributed by atoms with Crippen LogP contribution in [0, 0.1) is 0 Å². The Morgan fingerprint density at radius 1 is 1.47 bits per heavy atom. The number of nitrogens with zero attached hydrogens (tertiary/aromatic N) is 1. The van der Waals surface area contributed by atoms with Gasteiger partial charge in [-0.3, -0.25) is 0 Å². The number of hydrogen-bond acceptors (Lipinski definition) is 3. The Balaban J connectivity index is 2.17. The van der Waals surface area contributed by atoms with Crippen LogP contribution in [0.4, 0.5) is 0 Å². The van der Waals surface area contributed by atoms with Gasteiger partial charge in [-0.1, -0.05) is 6.07 Å². The van der Waals surface area contributed by atoms with Crippen LogP contribution in [0.3, 0.4) is 0 Å². The van der Waals surface area contributed by atoms with Crippen molar-refractivity contribution >= 4 is 0 Å². The molecule has 1 fully saturated rings. The maximum atomic E-state index is 5.56. The van der Waals surface area contributed by atoms with Gasteiger partial charge in [0.25, 0.3) is 0 Å². The van der Waals surface area contributed by atoms with Crippen LogP contribution < -0.4 is 10.1 Å². The molecule has 1 aromatic rings. The third-order valence-electron chi connectivity index (χ3n) is 2.86. The minimum atomic E-state index is 0.612. The van der Waals surface area contributed by atoms with E-state index in [2.05, 4.69) is 16.4 Å². The Morgan fingerprint density at radius 2 is 2.27 bits per heavy atom. The van der Waals surface area contributed by atoms with E-state index in [-0.39, 0.29) is 0 Å². The van der Waals surface area contributed by atoms with Crippen LogP contribution in [0.5, 0.6) is 5.88 Å². The van der Waals surface area contributed by atoms with E-state index < -0.39 is 0 Å². The lowest BCUT2D eigenvalue weighted by molar-refractivity contribution is 0.316. The summed E-state index contributed by atoms with van der Waals surface area (Å²) in [7, 11) is 0. The van der Waals surface area contributed by atoms with Crippen LogP contribution in [0.1, 0.15) is 31.2 Å². The van der Waals surface area contributed by atoms with Crippen molar-refractivity contribution in [2.75, 3.05) is 19.7 Å². The SMILES string of the molecule is CCOc1ncccc1C1CCNCC1. The van der Waals surface area contributed by atoms with Gasteiger partial charge < -0.3 is 10.1 Å². The average molecular weight is 206 g/mol. The van der Waals surface area contributed by atoms with Crippen molar-refractivity contribution in [3.05, 3.63) is 23.9 Å². The number of pyridine rings is 1. The molecule has 1 saturated heterocycles. The summed E-state index contributed by atoms with van der Waals surface area (Å²) in [6.45, 7) is 4.89. The molecule has 0 aliphatic carbocycles. The fourth-order valence-electron chi connectivity index (χ4n) is 2.10. The van der Waals surface area contributed by atoms with Gasteiger partial charge in [-0.2, -0.15) is 0 Å².